The van der Waals surface area contributed by atoms with E-state index in [1.807, 2.05) is 0 Å². The summed E-state index contributed by atoms with van der Waals surface area (Å²) in [7, 11) is 0. The molecule has 0 fully saturated rings. The summed E-state index contributed by atoms with van der Waals surface area (Å²) in [5.41, 5.74) is -0.205. The molecule has 10 heteroatoms. The molecule has 0 aliphatic heterocycles. The first kappa shape index (κ1) is 20.0. The summed E-state index contributed by atoms with van der Waals surface area (Å²) in [4.78, 5) is 27.6. The van der Waals surface area contributed by atoms with Gasteiger partial charge in [-0.1, -0.05) is 11.3 Å². The van der Waals surface area contributed by atoms with Gasteiger partial charge in [0.1, 0.15) is 11.4 Å². The Labute approximate surface area is 151 Å². The van der Waals surface area contributed by atoms with Gasteiger partial charge in [-0.3, -0.25) is 9.59 Å². The van der Waals surface area contributed by atoms with Gasteiger partial charge >= 0.3 is 12.3 Å². The third-order valence-corrected chi connectivity index (χ3v) is 3.75. The molecular weight excluding hydrogens is 373 g/mol. The van der Waals surface area contributed by atoms with Crippen molar-refractivity contribution < 1.29 is 32.2 Å². The zero-order valence-corrected chi connectivity index (χ0v) is 15.1. The molecule has 0 saturated carbocycles. The van der Waals surface area contributed by atoms with Crippen LogP contribution in [0, 0.1) is 0 Å². The predicted molar refractivity (Wildman–Crippen MR) is 90.0 cm³/mol. The molecule has 0 unspecified atom stereocenters. The van der Waals surface area contributed by atoms with Crippen LogP contribution in [0.4, 0.5) is 18.3 Å². The van der Waals surface area contributed by atoms with Crippen LogP contribution < -0.4 is 10.1 Å². The first-order chi connectivity index (χ1) is 11.9. The van der Waals surface area contributed by atoms with Crippen molar-refractivity contribution in [3.63, 3.8) is 0 Å². The maximum absolute atomic E-state index is 12.2. The summed E-state index contributed by atoms with van der Waals surface area (Å²) in [6.07, 6.45) is -4.96. The average Bonchev–Trinajstić information content (AvgIpc) is 2.83. The predicted octanol–water partition coefficient (Wildman–Crippen LogP) is 4.26. The highest BCUT2D eigenvalue weighted by atomic mass is 32.1. The van der Waals surface area contributed by atoms with Gasteiger partial charge in [0.2, 0.25) is 5.91 Å². The molecule has 1 N–H and O–H groups in total. The molecule has 0 aliphatic rings. The van der Waals surface area contributed by atoms with E-state index in [-0.39, 0.29) is 23.7 Å². The third-order valence-electron chi connectivity index (χ3n) is 2.82. The van der Waals surface area contributed by atoms with E-state index in [1.54, 1.807) is 20.8 Å². The van der Waals surface area contributed by atoms with Gasteiger partial charge in [-0.05, 0) is 32.9 Å². The van der Waals surface area contributed by atoms with Crippen molar-refractivity contribution in [2.45, 2.75) is 45.6 Å². The molecule has 1 aromatic carbocycles. The number of hydrogen-bond donors (Lipinski definition) is 1. The van der Waals surface area contributed by atoms with Crippen LogP contribution in [-0.2, 0) is 14.3 Å². The number of amides is 1. The minimum absolute atomic E-state index is 0.0857. The number of benzene rings is 1. The highest BCUT2D eigenvalue weighted by Gasteiger charge is 2.31. The molecule has 0 atom stereocenters. The number of nitrogens with one attached hydrogen (secondary N) is 1. The molecule has 2 rings (SSSR count). The number of nitrogens with zero attached hydrogens (tertiary/aromatic N) is 1. The van der Waals surface area contributed by atoms with E-state index in [4.69, 9.17) is 4.74 Å². The quantitative estimate of drug-likeness (QED) is 0.772. The highest BCUT2D eigenvalue weighted by Crippen LogP contribution is 2.31. The summed E-state index contributed by atoms with van der Waals surface area (Å²) in [5.74, 6) is -1.30. The van der Waals surface area contributed by atoms with Gasteiger partial charge in [0.15, 0.2) is 5.13 Å². The molecule has 1 amide bonds. The van der Waals surface area contributed by atoms with E-state index in [9.17, 15) is 22.8 Å². The fraction of sp³-hybridized carbons (Fsp3) is 0.438. The number of carbonyl (C=O) groups is 2. The van der Waals surface area contributed by atoms with Crippen LogP contribution in [0.3, 0.4) is 0 Å². The van der Waals surface area contributed by atoms with E-state index >= 15 is 0 Å². The normalized spacial score (nSPS) is 12.1. The fourth-order valence-corrected chi connectivity index (χ4v) is 2.86. The van der Waals surface area contributed by atoms with E-state index < -0.39 is 23.8 Å². The Morgan fingerprint density at radius 3 is 2.50 bits per heavy atom. The number of carbonyl (C=O) groups excluding carboxylic acids is 2. The van der Waals surface area contributed by atoms with Crippen molar-refractivity contribution in [1.29, 1.82) is 0 Å². The Kier molecular flexibility index (Phi) is 5.74. The lowest BCUT2D eigenvalue weighted by atomic mass is 10.2. The lowest BCUT2D eigenvalue weighted by Crippen LogP contribution is -2.24. The second kappa shape index (κ2) is 7.48. The molecule has 2 aromatic rings. The number of hydrogen-bond acceptors (Lipinski definition) is 6. The van der Waals surface area contributed by atoms with E-state index in [0.717, 1.165) is 17.4 Å². The molecule has 26 heavy (non-hydrogen) atoms. The molecule has 1 aromatic heterocycles. The smallest absolute Gasteiger partial charge is 0.460 e. The van der Waals surface area contributed by atoms with E-state index in [0.29, 0.717) is 10.2 Å². The second-order valence-electron chi connectivity index (χ2n) is 6.33. The van der Waals surface area contributed by atoms with Gasteiger partial charge in [0.05, 0.1) is 16.6 Å². The maximum Gasteiger partial charge on any atom is 0.573 e. The van der Waals surface area contributed by atoms with Gasteiger partial charge in [-0.15, -0.1) is 13.2 Å². The zero-order valence-electron chi connectivity index (χ0n) is 14.3. The zero-order chi connectivity index (χ0) is 19.5. The van der Waals surface area contributed by atoms with E-state index in [1.165, 1.54) is 12.1 Å². The number of alkyl halides is 3. The van der Waals surface area contributed by atoms with Gasteiger partial charge < -0.3 is 14.8 Å². The van der Waals surface area contributed by atoms with Crippen molar-refractivity contribution in [1.82, 2.24) is 4.98 Å². The summed E-state index contributed by atoms with van der Waals surface area (Å²) in [6.45, 7) is 5.18. The third kappa shape index (κ3) is 6.51. The fourth-order valence-electron chi connectivity index (χ4n) is 1.95. The van der Waals surface area contributed by atoms with Gasteiger partial charge in [-0.25, -0.2) is 4.98 Å². The van der Waals surface area contributed by atoms with Crippen LogP contribution >= 0.6 is 11.3 Å². The topological polar surface area (TPSA) is 77.5 Å². The number of rotatable bonds is 5. The van der Waals surface area contributed by atoms with Gasteiger partial charge in [0, 0.05) is 12.5 Å². The minimum atomic E-state index is -4.78. The molecule has 0 saturated heterocycles. The molecule has 1 heterocycles. The Bertz CT molecular complexity index is 812. The average molecular weight is 390 g/mol. The molecule has 6 nitrogen and oxygen atoms in total. The van der Waals surface area contributed by atoms with Crippen molar-refractivity contribution in [3.05, 3.63) is 18.2 Å². The van der Waals surface area contributed by atoms with Crippen LogP contribution in [0.1, 0.15) is 33.6 Å². The maximum atomic E-state index is 12.2. The Morgan fingerprint density at radius 1 is 1.19 bits per heavy atom. The number of anilines is 1. The lowest BCUT2D eigenvalue weighted by Gasteiger charge is -2.19. The first-order valence-corrected chi connectivity index (χ1v) is 8.41. The van der Waals surface area contributed by atoms with Crippen molar-refractivity contribution in [2.24, 2.45) is 0 Å². The number of aromatic nitrogens is 1. The monoisotopic (exact) mass is 390 g/mol. The number of ether oxygens (including phenoxy) is 2. The van der Waals surface area contributed by atoms with Crippen molar-refractivity contribution in [2.75, 3.05) is 5.32 Å². The van der Waals surface area contributed by atoms with Crippen LogP contribution in [0.15, 0.2) is 18.2 Å². The summed E-state index contributed by atoms with van der Waals surface area (Å²) in [5, 5.41) is 2.74. The van der Waals surface area contributed by atoms with E-state index in [2.05, 4.69) is 15.0 Å². The Balaban J connectivity index is 1.96. The van der Waals surface area contributed by atoms with Crippen LogP contribution in [0.25, 0.3) is 10.2 Å². The molecule has 0 bridgehead atoms. The summed E-state index contributed by atoms with van der Waals surface area (Å²) >= 11 is 1.00. The number of fused-ring (bicyclic) bond motifs is 1. The van der Waals surface area contributed by atoms with Crippen LogP contribution in [0.5, 0.6) is 5.75 Å². The summed E-state index contributed by atoms with van der Waals surface area (Å²) in [6, 6.07) is 3.70. The highest BCUT2D eigenvalue weighted by molar-refractivity contribution is 7.22. The molecule has 0 spiro atoms. The molecule has 142 valence electrons. The first-order valence-electron chi connectivity index (χ1n) is 7.59. The van der Waals surface area contributed by atoms with Gasteiger partial charge in [-0.2, -0.15) is 0 Å². The van der Waals surface area contributed by atoms with Crippen molar-refractivity contribution in [3.8, 4) is 5.75 Å². The standard InChI is InChI=1S/C16H17F3N2O4S/c1-15(2,3)25-13(23)7-6-12(22)21-14-20-10-5-4-9(8-11(10)26-14)24-16(17,18)19/h4-5,8H,6-7H2,1-3H3,(H,20,21,22). The largest absolute Gasteiger partial charge is 0.573 e. The second-order valence-corrected chi connectivity index (χ2v) is 7.36. The van der Waals surface area contributed by atoms with Crippen LogP contribution in [0.2, 0.25) is 0 Å². The molecule has 0 radical (unpaired) electrons. The Hall–Kier alpha value is -2.36. The number of thiazole rings is 1. The summed E-state index contributed by atoms with van der Waals surface area (Å²) < 4.78 is 46.1. The minimum Gasteiger partial charge on any atom is -0.460 e. The Morgan fingerprint density at radius 2 is 1.88 bits per heavy atom. The van der Waals surface area contributed by atoms with Crippen molar-refractivity contribution >= 4 is 38.6 Å². The lowest BCUT2D eigenvalue weighted by molar-refractivity contribution is -0.274. The number of esters is 1. The van der Waals surface area contributed by atoms with Gasteiger partial charge in [0.25, 0.3) is 0 Å². The number of halogens is 3. The molecule has 0 aliphatic carbocycles. The van der Waals surface area contributed by atoms with Crippen LogP contribution in [-0.4, -0.2) is 28.8 Å². The molecular formula is C16H17F3N2O4S. The SMILES string of the molecule is CC(C)(C)OC(=O)CCC(=O)Nc1nc2ccc(OC(F)(F)F)cc2s1.